The van der Waals surface area contributed by atoms with Crippen LogP contribution in [0.15, 0.2) is 53.3 Å². The Kier molecular flexibility index (Phi) is 5.16. The zero-order valence-corrected chi connectivity index (χ0v) is 16.0. The second-order valence-corrected chi connectivity index (χ2v) is 6.71. The molecular weight excluding hydrogens is 340 g/mol. The molecule has 0 saturated carbocycles. The summed E-state index contributed by atoms with van der Waals surface area (Å²) in [6.45, 7) is 5.92. The Labute approximate surface area is 158 Å². The van der Waals surface area contributed by atoms with E-state index in [1.807, 2.05) is 63.2 Å². The third-order valence-corrected chi connectivity index (χ3v) is 4.49. The van der Waals surface area contributed by atoms with E-state index in [1.54, 1.807) is 16.4 Å². The van der Waals surface area contributed by atoms with Crippen LogP contribution in [-0.2, 0) is 11.8 Å². The van der Waals surface area contributed by atoms with Crippen molar-refractivity contribution in [3.63, 3.8) is 0 Å². The molecule has 0 spiro atoms. The summed E-state index contributed by atoms with van der Waals surface area (Å²) in [4.78, 5) is 25.2. The van der Waals surface area contributed by atoms with Crippen molar-refractivity contribution in [3.8, 4) is 5.69 Å². The van der Waals surface area contributed by atoms with Crippen molar-refractivity contribution in [2.45, 2.75) is 20.8 Å². The molecule has 0 aliphatic carbocycles. The number of anilines is 2. The quantitative estimate of drug-likeness (QED) is 0.731. The molecule has 0 fully saturated rings. The van der Waals surface area contributed by atoms with E-state index in [1.165, 1.54) is 0 Å². The zero-order valence-electron chi connectivity index (χ0n) is 16.0. The molecule has 0 unspecified atom stereocenters. The molecular formula is C21H24N4O2. The molecule has 0 radical (unpaired) electrons. The number of nitrogens with one attached hydrogen (secondary N) is 2. The van der Waals surface area contributed by atoms with Gasteiger partial charge < -0.3 is 10.6 Å². The Morgan fingerprint density at radius 3 is 2.26 bits per heavy atom. The summed E-state index contributed by atoms with van der Waals surface area (Å²) in [5.74, 6) is -0.264. The van der Waals surface area contributed by atoms with Gasteiger partial charge in [0.1, 0.15) is 5.69 Å². The van der Waals surface area contributed by atoms with Crippen molar-refractivity contribution >= 4 is 17.3 Å². The van der Waals surface area contributed by atoms with Crippen LogP contribution in [0.25, 0.3) is 5.69 Å². The predicted molar refractivity (Wildman–Crippen MR) is 109 cm³/mol. The van der Waals surface area contributed by atoms with E-state index >= 15 is 0 Å². The first-order valence-electron chi connectivity index (χ1n) is 8.83. The summed E-state index contributed by atoms with van der Waals surface area (Å²) >= 11 is 0. The Balaban J connectivity index is 1.77. The van der Waals surface area contributed by atoms with Crippen LogP contribution in [0.4, 0.5) is 11.4 Å². The number of aryl methyl sites for hydroxylation is 2. The molecule has 2 aromatic carbocycles. The number of carbonyl (C=O) groups is 1. The van der Waals surface area contributed by atoms with Gasteiger partial charge in [0.25, 0.3) is 5.56 Å². The molecule has 1 aromatic heterocycles. The Morgan fingerprint density at radius 1 is 1.00 bits per heavy atom. The topological polar surface area (TPSA) is 68.1 Å². The first-order valence-corrected chi connectivity index (χ1v) is 8.83. The van der Waals surface area contributed by atoms with Gasteiger partial charge in [0.05, 0.1) is 17.9 Å². The molecule has 3 aromatic rings. The lowest BCUT2D eigenvalue weighted by molar-refractivity contribution is -0.114. The predicted octanol–water partition coefficient (Wildman–Crippen LogP) is 3.15. The van der Waals surface area contributed by atoms with Gasteiger partial charge in [0.2, 0.25) is 5.91 Å². The van der Waals surface area contributed by atoms with Gasteiger partial charge in [-0.15, -0.1) is 0 Å². The molecule has 2 N–H and O–H groups in total. The lowest BCUT2D eigenvalue weighted by Crippen LogP contribution is -2.26. The van der Waals surface area contributed by atoms with Gasteiger partial charge in [0, 0.05) is 12.7 Å². The molecule has 0 saturated heterocycles. The average Bonchev–Trinajstić information content (AvgIpc) is 2.83. The Morgan fingerprint density at radius 2 is 1.63 bits per heavy atom. The second-order valence-electron chi connectivity index (χ2n) is 6.71. The molecule has 27 heavy (non-hydrogen) atoms. The molecule has 3 rings (SSSR count). The lowest BCUT2D eigenvalue weighted by Gasteiger charge is -2.09. The zero-order chi connectivity index (χ0) is 19.6. The van der Waals surface area contributed by atoms with Crippen molar-refractivity contribution in [3.05, 3.63) is 75.7 Å². The van der Waals surface area contributed by atoms with Crippen LogP contribution in [0.1, 0.15) is 16.8 Å². The van der Waals surface area contributed by atoms with E-state index < -0.39 is 0 Å². The molecule has 0 bridgehead atoms. The summed E-state index contributed by atoms with van der Waals surface area (Å²) in [5, 5.41) is 5.86. The van der Waals surface area contributed by atoms with E-state index in [9.17, 15) is 9.59 Å². The smallest absolute Gasteiger partial charge is 0.295 e. The number of nitrogens with zero attached hydrogens (tertiary/aromatic N) is 2. The first-order chi connectivity index (χ1) is 12.9. The van der Waals surface area contributed by atoms with Crippen molar-refractivity contribution in [2.75, 3.05) is 17.2 Å². The first kappa shape index (κ1) is 18.5. The van der Waals surface area contributed by atoms with E-state index in [-0.39, 0.29) is 18.0 Å². The largest absolute Gasteiger partial charge is 0.376 e. The summed E-state index contributed by atoms with van der Waals surface area (Å²) < 4.78 is 3.28. The molecule has 140 valence electrons. The third kappa shape index (κ3) is 3.95. The summed E-state index contributed by atoms with van der Waals surface area (Å²) in [6, 6.07) is 15.4. The van der Waals surface area contributed by atoms with Gasteiger partial charge in [-0.1, -0.05) is 24.3 Å². The number of rotatable bonds is 5. The fourth-order valence-corrected chi connectivity index (χ4v) is 3.15. The molecule has 6 heteroatoms. The molecule has 6 nitrogen and oxygen atoms in total. The Hall–Kier alpha value is -3.28. The summed E-state index contributed by atoms with van der Waals surface area (Å²) in [5.41, 5.74) is 4.64. The molecule has 0 atom stereocenters. The van der Waals surface area contributed by atoms with Crippen molar-refractivity contribution in [1.82, 2.24) is 9.36 Å². The van der Waals surface area contributed by atoms with Crippen LogP contribution in [0.3, 0.4) is 0 Å². The van der Waals surface area contributed by atoms with Crippen LogP contribution in [0.5, 0.6) is 0 Å². The number of amides is 1. The van der Waals surface area contributed by atoms with Crippen LogP contribution in [-0.4, -0.2) is 21.8 Å². The normalized spacial score (nSPS) is 10.7. The minimum Gasteiger partial charge on any atom is -0.376 e. The minimum atomic E-state index is -0.264. The second kappa shape index (κ2) is 7.53. The monoisotopic (exact) mass is 364 g/mol. The third-order valence-electron chi connectivity index (χ3n) is 4.49. The number of hydrogen-bond acceptors (Lipinski definition) is 3. The van der Waals surface area contributed by atoms with Crippen molar-refractivity contribution in [1.29, 1.82) is 0 Å². The highest BCUT2D eigenvalue weighted by Gasteiger charge is 2.17. The van der Waals surface area contributed by atoms with Gasteiger partial charge in [-0.25, -0.2) is 4.68 Å². The standard InChI is InChI=1S/C21H24N4O2/c1-14-10-15(2)12-17(11-14)22-13-19(26)23-20-16(3)24(4)25(21(20)27)18-8-6-5-7-9-18/h5-12,22H,13H2,1-4H3,(H,23,26). The lowest BCUT2D eigenvalue weighted by atomic mass is 10.1. The van der Waals surface area contributed by atoms with Crippen molar-refractivity contribution in [2.24, 2.45) is 7.05 Å². The van der Waals surface area contributed by atoms with E-state index in [4.69, 9.17) is 0 Å². The average molecular weight is 364 g/mol. The number of benzene rings is 2. The van der Waals surface area contributed by atoms with E-state index in [0.717, 1.165) is 22.5 Å². The fourth-order valence-electron chi connectivity index (χ4n) is 3.15. The number of carbonyl (C=O) groups excluding carboxylic acids is 1. The number of para-hydroxylation sites is 1. The van der Waals surface area contributed by atoms with Gasteiger partial charge in [-0.3, -0.25) is 14.3 Å². The Bertz CT molecular complexity index is 1010. The fraction of sp³-hybridized carbons (Fsp3) is 0.238. The molecule has 1 amide bonds. The highest BCUT2D eigenvalue weighted by molar-refractivity contribution is 5.94. The van der Waals surface area contributed by atoms with Gasteiger partial charge in [0.15, 0.2) is 0 Å². The van der Waals surface area contributed by atoms with Crippen LogP contribution in [0, 0.1) is 20.8 Å². The summed E-state index contributed by atoms with van der Waals surface area (Å²) in [6.07, 6.45) is 0. The van der Waals surface area contributed by atoms with Gasteiger partial charge in [-0.05, 0) is 56.2 Å². The van der Waals surface area contributed by atoms with E-state index in [0.29, 0.717) is 11.4 Å². The van der Waals surface area contributed by atoms with Crippen LogP contribution in [0.2, 0.25) is 0 Å². The molecule has 0 aliphatic rings. The van der Waals surface area contributed by atoms with Gasteiger partial charge in [-0.2, -0.15) is 0 Å². The highest BCUT2D eigenvalue weighted by Crippen LogP contribution is 2.15. The maximum atomic E-state index is 12.8. The molecule has 1 heterocycles. The van der Waals surface area contributed by atoms with Crippen molar-refractivity contribution < 1.29 is 4.79 Å². The summed E-state index contributed by atoms with van der Waals surface area (Å²) in [7, 11) is 1.80. The molecule has 0 aliphatic heterocycles. The van der Waals surface area contributed by atoms with E-state index in [2.05, 4.69) is 16.7 Å². The maximum Gasteiger partial charge on any atom is 0.295 e. The van der Waals surface area contributed by atoms with Gasteiger partial charge >= 0.3 is 0 Å². The number of aromatic nitrogens is 2. The van der Waals surface area contributed by atoms with Crippen LogP contribution < -0.4 is 16.2 Å². The maximum absolute atomic E-state index is 12.8. The SMILES string of the molecule is Cc1cc(C)cc(NCC(=O)Nc2c(C)n(C)n(-c3ccccc3)c2=O)c1. The minimum absolute atomic E-state index is 0.0853. The van der Waals surface area contributed by atoms with Crippen LogP contribution >= 0.6 is 0 Å². The highest BCUT2D eigenvalue weighted by atomic mass is 16.2. The number of hydrogen-bond donors (Lipinski definition) is 2.